The van der Waals surface area contributed by atoms with Gasteiger partial charge in [-0.3, -0.25) is 14.2 Å². The molecule has 0 radical (unpaired) electrons. The molecule has 0 bridgehead atoms. The topological polar surface area (TPSA) is 164 Å². The maximum Gasteiger partial charge on any atom is 0.410 e. The summed E-state index contributed by atoms with van der Waals surface area (Å²) in [6.45, 7) is 14.2. The fourth-order valence-electron chi connectivity index (χ4n) is 7.07. The number of carboxylic acids is 1. The first-order chi connectivity index (χ1) is 24.6. The first-order valence-corrected chi connectivity index (χ1v) is 17.6. The van der Waals surface area contributed by atoms with Crippen LogP contribution in [0.25, 0.3) is 0 Å². The number of hydrogen-bond donors (Lipinski definition) is 2. The zero-order valence-electron chi connectivity index (χ0n) is 31.0. The first-order valence-electron chi connectivity index (χ1n) is 17.6. The molecule has 3 amide bonds. The molecule has 4 aliphatic heterocycles. The molecule has 2 N–H and O–H groups in total. The van der Waals surface area contributed by atoms with Crippen molar-refractivity contribution in [3.05, 3.63) is 34.9 Å². The van der Waals surface area contributed by atoms with Crippen LogP contribution in [0, 0.1) is 23.7 Å². The third-order valence-corrected chi connectivity index (χ3v) is 10.1. The van der Waals surface area contributed by atoms with Crippen molar-refractivity contribution in [3.8, 4) is 0 Å². The van der Waals surface area contributed by atoms with Crippen LogP contribution in [0.3, 0.4) is 0 Å². The van der Waals surface area contributed by atoms with Crippen molar-refractivity contribution < 1.29 is 51.3 Å². The zero-order chi connectivity index (χ0) is 38.8. The summed E-state index contributed by atoms with van der Waals surface area (Å²) in [5, 5.41) is 20.2. The summed E-state index contributed by atoms with van der Waals surface area (Å²) in [5.74, 6) is -8.31. The van der Waals surface area contributed by atoms with Gasteiger partial charge in [0.1, 0.15) is 16.8 Å². The van der Waals surface area contributed by atoms with E-state index >= 15 is 0 Å². The van der Waals surface area contributed by atoms with Gasteiger partial charge >= 0.3 is 18.2 Å². The molecule has 2 aliphatic carbocycles. The maximum atomic E-state index is 13.4. The van der Waals surface area contributed by atoms with Gasteiger partial charge in [0.05, 0.1) is 67.4 Å². The number of aromatic nitrogens is 4. The number of piperidine rings is 2. The van der Waals surface area contributed by atoms with E-state index in [1.807, 2.05) is 0 Å². The van der Waals surface area contributed by atoms with Crippen LogP contribution in [0.1, 0.15) is 73.6 Å². The van der Waals surface area contributed by atoms with Crippen LogP contribution < -0.4 is 5.32 Å². The number of hydrogen-bond acceptors (Lipinski definition) is 9. The molecular weight excluding hydrogens is 744 g/mol. The predicted octanol–water partition coefficient (Wildman–Crippen LogP) is 4.20. The summed E-state index contributed by atoms with van der Waals surface area (Å²) in [7, 11) is 0. The number of carbonyl (C=O) groups excluding carboxylic acids is 3. The lowest BCUT2D eigenvalue weighted by Gasteiger charge is -2.31. The van der Waals surface area contributed by atoms with E-state index in [1.54, 1.807) is 50.9 Å². The number of fused-ring (bicyclic) bond motifs is 4. The maximum absolute atomic E-state index is 13.4. The molecule has 20 heteroatoms. The number of nitrogens with one attached hydrogen (secondary N) is 1. The van der Waals surface area contributed by atoms with Crippen molar-refractivity contribution in [2.24, 2.45) is 23.7 Å². The van der Waals surface area contributed by atoms with Gasteiger partial charge in [-0.15, -0.1) is 12.4 Å². The molecule has 4 atom stereocenters. The fourth-order valence-corrected chi connectivity index (χ4v) is 7.07. The highest BCUT2D eigenvalue weighted by molar-refractivity contribution is 5.95. The Balaban J connectivity index is 0.000000174. The average molecular weight is 791 g/mol. The van der Waals surface area contributed by atoms with Crippen LogP contribution in [-0.2, 0) is 35.7 Å². The number of alkyl halides is 4. The van der Waals surface area contributed by atoms with E-state index in [-0.39, 0.29) is 61.9 Å². The average Bonchev–Trinajstić information content (AvgIpc) is 3.63. The molecule has 2 saturated carbocycles. The number of likely N-dealkylation sites (tertiary alicyclic amines) is 1. The highest BCUT2D eigenvalue weighted by Gasteiger charge is 2.72. The molecule has 54 heavy (non-hydrogen) atoms. The number of ether oxygens (including phenoxy) is 2. The van der Waals surface area contributed by atoms with Gasteiger partial charge < -0.3 is 34.6 Å². The van der Waals surface area contributed by atoms with Gasteiger partial charge in [0.15, 0.2) is 0 Å². The minimum atomic E-state index is -2.62. The van der Waals surface area contributed by atoms with Crippen molar-refractivity contribution in [1.29, 1.82) is 0 Å². The number of rotatable bonds is 2. The Labute approximate surface area is 315 Å². The Morgan fingerprint density at radius 3 is 1.50 bits per heavy atom. The molecule has 6 heterocycles. The van der Waals surface area contributed by atoms with E-state index in [0.29, 0.717) is 56.2 Å². The number of nitrogens with zero attached hydrogens (tertiary/aromatic N) is 7. The fraction of sp³-hybridized carbons (Fsp3) is 0.706. The summed E-state index contributed by atoms with van der Waals surface area (Å²) >= 11 is 0. The largest absolute Gasteiger partial charge is 0.478 e. The Morgan fingerprint density at radius 2 is 1.11 bits per heavy atom. The molecule has 4 fully saturated rings. The monoisotopic (exact) mass is 790 g/mol. The van der Waals surface area contributed by atoms with Crippen molar-refractivity contribution in [1.82, 2.24) is 39.6 Å². The number of aromatic carboxylic acids is 1. The van der Waals surface area contributed by atoms with Gasteiger partial charge in [0, 0.05) is 51.1 Å². The van der Waals surface area contributed by atoms with E-state index in [1.165, 1.54) is 27.1 Å². The lowest BCUT2D eigenvalue weighted by Crippen LogP contribution is -2.42. The molecule has 2 aromatic rings. The van der Waals surface area contributed by atoms with Gasteiger partial charge in [-0.25, -0.2) is 31.9 Å². The molecule has 0 spiro atoms. The quantitative estimate of drug-likeness (QED) is 0.422. The second-order valence-corrected chi connectivity index (χ2v) is 16.2. The Kier molecular flexibility index (Phi) is 11.0. The third kappa shape index (κ3) is 8.40. The van der Waals surface area contributed by atoms with Gasteiger partial charge in [-0.2, -0.15) is 10.2 Å². The van der Waals surface area contributed by atoms with E-state index < -0.39 is 53.0 Å². The first kappa shape index (κ1) is 41.0. The second-order valence-electron chi connectivity index (χ2n) is 16.2. The third-order valence-electron chi connectivity index (χ3n) is 10.1. The molecule has 15 nitrogen and oxygen atoms in total. The summed E-state index contributed by atoms with van der Waals surface area (Å²) < 4.78 is 65.1. The lowest BCUT2D eigenvalue weighted by atomic mass is 10.1. The Bertz CT molecular complexity index is 1750. The standard InChI is InChI=1S/C17H22F2N4O3.C12H17N3O4.C5H7F2N.ClH/c1-16(2,3)26-15(25)21-4-5-23-13(9-21)10(6-20-23)14(24)22-7-11-12(8-22)17(11,18)19;1-12(2,3)19-11(18)14-4-5-15-9(7-14)8(6-13-15)10(16)17;6-5(7)3-1-8-2-4(3)5;/h6,11-12H,4-5,7-9H2,1-3H3;6H,4-5,7H2,1-3H3,(H,16,17);3-4,8H,1-2H2;1H. The number of amides is 3. The smallest absolute Gasteiger partial charge is 0.410 e. The van der Waals surface area contributed by atoms with Crippen LogP contribution >= 0.6 is 12.4 Å². The molecule has 2 aromatic heterocycles. The Hall–Kier alpha value is -4.13. The minimum Gasteiger partial charge on any atom is -0.478 e. The van der Waals surface area contributed by atoms with Crippen LogP contribution in [0.5, 0.6) is 0 Å². The summed E-state index contributed by atoms with van der Waals surface area (Å²) in [5.41, 5.74) is 0.500. The van der Waals surface area contributed by atoms with Gasteiger partial charge in [0.25, 0.3) is 17.8 Å². The van der Waals surface area contributed by atoms with Gasteiger partial charge in [-0.1, -0.05) is 0 Å². The van der Waals surface area contributed by atoms with Crippen LogP contribution in [0.4, 0.5) is 27.2 Å². The SMILES string of the molecule is CC(C)(C)OC(=O)N1CCn2ncc(C(=O)N3CC4C(C3)C4(F)F)c2C1.CC(C)(C)OC(=O)N1CCn2ncc(C(=O)O)c2C1.Cl.FC1(F)C2CNCC21. The number of halogens is 5. The van der Waals surface area contributed by atoms with Crippen molar-refractivity contribution in [2.45, 2.75) is 90.8 Å². The zero-order valence-corrected chi connectivity index (χ0v) is 31.8. The van der Waals surface area contributed by atoms with Crippen molar-refractivity contribution >= 4 is 36.5 Å². The molecule has 0 aromatic carbocycles. The van der Waals surface area contributed by atoms with Crippen LogP contribution in [0.2, 0.25) is 0 Å². The summed E-state index contributed by atoms with van der Waals surface area (Å²) in [6, 6.07) is 0. The van der Waals surface area contributed by atoms with Crippen molar-refractivity contribution in [3.63, 3.8) is 0 Å². The predicted molar refractivity (Wildman–Crippen MR) is 185 cm³/mol. The molecule has 300 valence electrons. The molecule has 4 unspecified atom stereocenters. The lowest BCUT2D eigenvalue weighted by molar-refractivity contribution is 0.0183. The second kappa shape index (κ2) is 14.5. The Morgan fingerprint density at radius 1 is 0.704 bits per heavy atom. The van der Waals surface area contributed by atoms with Gasteiger partial charge in [0.2, 0.25) is 0 Å². The normalized spacial score (nSPS) is 25.2. The molecular formula is C34H47ClF4N8O7. The van der Waals surface area contributed by atoms with E-state index in [4.69, 9.17) is 14.6 Å². The molecule has 8 rings (SSSR count). The minimum absolute atomic E-state index is 0. The van der Waals surface area contributed by atoms with Crippen LogP contribution in [-0.4, -0.2) is 126 Å². The summed E-state index contributed by atoms with van der Waals surface area (Å²) in [6.07, 6.45) is 1.91. The van der Waals surface area contributed by atoms with Crippen LogP contribution in [0.15, 0.2) is 12.4 Å². The van der Waals surface area contributed by atoms with Crippen molar-refractivity contribution in [2.75, 3.05) is 39.3 Å². The highest BCUT2D eigenvalue weighted by atomic mass is 35.5. The van der Waals surface area contributed by atoms with E-state index in [2.05, 4.69) is 15.5 Å². The summed E-state index contributed by atoms with van der Waals surface area (Å²) in [4.78, 5) is 52.6. The number of carboxylic acid groups (broad SMARTS) is 1. The molecule has 6 aliphatic rings. The molecule has 2 saturated heterocycles. The van der Waals surface area contributed by atoms with E-state index in [9.17, 15) is 36.7 Å². The van der Waals surface area contributed by atoms with E-state index in [0.717, 1.165) is 0 Å². The highest BCUT2D eigenvalue weighted by Crippen LogP contribution is 2.59. The number of carbonyl (C=O) groups is 4. The van der Waals surface area contributed by atoms with Gasteiger partial charge in [-0.05, 0) is 41.5 Å².